The van der Waals surface area contributed by atoms with Gasteiger partial charge in [-0.1, -0.05) is 37.3 Å². The first kappa shape index (κ1) is 13.1. The van der Waals surface area contributed by atoms with Crippen LogP contribution in [0.2, 0.25) is 0 Å². The van der Waals surface area contributed by atoms with Crippen LogP contribution in [0.1, 0.15) is 30.6 Å². The van der Waals surface area contributed by atoms with Crippen molar-refractivity contribution in [3.05, 3.63) is 47.0 Å². The van der Waals surface area contributed by atoms with Crippen LogP contribution in [0.5, 0.6) is 0 Å². The molecule has 0 aliphatic heterocycles. The molecule has 0 saturated carbocycles. The van der Waals surface area contributed by atoms with E-state index in [1.165, 1.54) is 5.56 Å². The average Bonchev–Trinajstić information content (AvgIpc) is 2.87. The van der Waals surface area contributed by atoms with Gasteiger partial charge in [0.15, 0.2) is 5.13 Å². The van der Waals surface area contributed by atoms with Gasteiger partial charge in [0.25, 0.3) is 0 Å². The molecule has 2 aromatic rings. The van der Waals surface area contributed by atoms with E-state index >= 15 is 0 Å². The fraction of sp³-hybridized carbons (Fsp3) is 0.357. The second-order valence-corrected chi connectivity index (χ2v) is 5.09. The number of nitrogens with one attached hydrogen (secondary N) is 1. The molecule has 1 heterocycles. The van der Waals surface area contributed by atoms with Gasteiger partial charge in [-0.15, -0.1) is 11.3 Å². The molecule has 3 N–H and O–H groups in total. The highest BCUT2D eigenvalue weighted by molar-refractivity contribution is 7.13. The summed E-state index contributed by atoms with van der Waals surface area (Å²) >= 11 is 1.66. The third-order valence-corrected chi connectivity index (χ3v) is 3.72. The molecular weight excluding hydrogens is 242 g/mol. The molecule has 0 fully saturated rings. The van der Waals surface area contributed by atoms with Gasteiger partial charge in [0, 0.05) is 18.0 Å². The molecule has 1 aromatic carbocycles. The van der Waals surface area contributed by atoms with Crippen LogP contribution in [0.3, 0.4) is 0 Å². The Hall–Kier alpha value is -1.39. The van der Waals surface area contributed by atoms with Gasteiger partial charge in [0.1, 0.15) is 0 Å². The second-order valence-electron chi connectivity index (χ2n) is 4.23. The molecule has 1 unspecified atom stereocenters. The summed E-state index contributed by atoms with van der Waals surface area (Å²) in [6, 6.07) is 10.3. The lowest BCUT2D eigenvalue weighted by Gasteiger charge is -2.11. The Morgan fingerprint density at radius 1 is 1.33 bits per heavy atom. The number of hydrogen-bond donors (Lipinski definition) is 2. The molecule has 18 heavy (non-hydrogen) atoms. The van der Waals surface area contributed by atoms with Crippen LogP contribution in [0.4, 0.5) is 5.13 Å². The number of aryl methyl sites for hydroxylation is 1. The molecule has 1 aromatic heterocycles. The van der Waals surface area contributed by atoms with E-state index in [-0.39, 0.29) is 6.04 Å². The third-order valence-electron chi connectivity index (χ3n) is 2.87. The molecule has 1 atom stereocenters. The first-order valence-corrected chi connectivity index (χ1v) is 7.16. The first-order valence-electron chi connectivity index (χ1n) is 6.28. The Kier molecular flexibility index (Phi) is 4.73. The Morgan fingerprint density at radius 3 is 2.78 bits per heavy atom. The fourth-order valence-electron chi connectivity index (χ4n) is 1.75. The van der Waals surface area contributed by atoms with Crippen molar-refractivity contribution in [2.24, 2.45) is 5.73 Å². The lowest BCUT2D eigenvalue weighted by molar-refractivity contribution is 0.675. The summed E-state index contributed by atoms with van der Waals surface area (Å²) in [5, 5.41) is 6.42. The zero-order valence-electron chi connectivity index (χ0n) is 10.6. The van der Waals surface area contributed by atoms with Gasteiger partial charge in [-0.25, -0.2) is 4.98 Å². The zero-order valence-corrected chi connectivity index (χ0v) is 11.4. The summed E-state index contributed by atoms with van der Waals surface area (Å²) in [4.78, 5) is 4.46. The van der Waals surface area contributed by atoms with Gasteiger partial charge < -0.3 is 11.1 Å². The van der Waals surface area contributed by atoms with Crippen molar-refractivity contribution in [1.82, 2.24) is 4.98 Å². The highest BCUT2D eigenvalue weighted by atomic mass is 32.1. The predicted molar refractivity (Wildman–Crippen MR) is 78.0 cm³/mol. The van der Waals surface area contributed by atoms with Gasteiger partial charge in [-0.05, 0) is 18.4 Å². The van der Waals surface area contributed by atoms with Crippen molar-refractivity contribution in [3.63, 3.8) is 0 Å². The van der Waals surface area contributed by atoms with Crippen molar-refractivity contribution in [1.29, 1.82) is 0 Å². The Morgan fingerprint density at radius 2 is 2.11 bits per heavy atom. The zero-order chi connectivity index (χ0) is 12.8. The van der Waals surface area contributed by atoms with Crippen LogP contribution in [-0.4, -0.2) is 11.5 Å². The lowest BCUT2D eigenvalue weighted by atomic mass is 10.1. The summed E-state index contributed by atoms with van der Waals surface area (Å²) in [5.74, 6) is 0. The number of thiazole rings is 1. The molecular formula is C14H19N3S. The van der Waals surface area contributed by atoms with Gasteiger partial charge in [-0.2, -0.15) is 0 Å². The van der Waals surface area contributed by atoms with Crippen LogP contribution in [0.15, 0.2) is 35.7 Å². The summed E-state index contributed by atoms with van der Waals surface area (Å²) in [5.41, 5.74) is 8.47. The van der Waals surface area contributed by atoms with Crippen LogP contribution >= 0.6 is 11.3 Å². The quantitative estimate of drug-likeness (QED) is 0.839. The fourth-order valence-corrected chi connectivity index (χ4v) is 2.57. The van der Waals surface area contributed by atoms with Crippen molar-refractivity contribution in [2.45, 2.75) is 25.8 Å². The Labute approximate surface area is 112 Å². The summed E-state index contributed by atoms with van der Waals surface area (Å²) < 4.78 is 0. The summed E-state index contributed by atoms with van der Waals surface area (Å²) in [6.45, 7) is 2.97. The van der Waals surface area contributed by atoms with E-state index in [4.69, 9.17) is 5.73 Å². The Bertz CT molecular complexity index is 467. The number of rotatable bonds is 6. The topological polar surface area (TPSA) is 50.9 Å². The minimum atomic E-state index is 0.0873. The number of anilines is 1. The van der Waals surface area contributed by atoms with Gasteiger partial charge in [0.05, 0.1) is 5.69 Å². The molecule has 0 saturated heterocycles. The van der Waals surface area contributed by atoms with Gasteiger partial charge >= 0.3 is 0 Å². The summed E-state index contributed by atoms with van der Waals surface area (Å²) in [6.07, 6.45) is 1.90. The van der Waals surface area contributed by atoms with Crippen molar-refractivity contribution < 1.29 is 0 Å². The SMILES string of the molecule is CCc1csc(NCCC(N)c2ccccc2)n1. The molecule has 0 radical (unpaired) electrons. The molecule has 0 amide bonds. The lowest BCUT2D eigenvalue weighted by Crippen LogP contribution is -2.15. The number of aromatic nitrogens is 1. The van der Waals surface area contributed by atoms with E-state index in [9.17, 15) is 0 Å². The first-order chi connectivity index (χ1) is 8.79. The second kappa shape index (κ2) is 6.52. The number of hydrogen-bond acceptors (Lipinski definition) is 4. The average molecular weight is 261 g/mol. The maximum Gasteiger partial charge on any atom is 0.182 e. The monoisotopic (exact) mass is 261 g/mol. The largest absolute Gasteiger partial charge is 0.361 e. The van der Waals surface area contributed by atoms with E-state index in [0.717, 1.165) is 30.2 Å². The predicted octanol–water partition coefficient (Wildman–Crippen LogP) is 3.21. The number of benzene rings is 1. The Balaban J connectivity index is 1.78. The van der Waals surface area contributed by atoms with Crippen LogP contribution in [-0.2, 0) is 6.42 Å². The van der Waals surface area contributed by atoms with E-state index < -0.39 is 0 Å². The van der Waals surface area contributed by atoms with E-state index in [1.807, 2.05) is 18.2 Å². The van der Waals surface area contributed by atoms with Crippen LogP contribution in [0.25, 0.3) is 0 Å². The highest BCUT2D eigenvalue weighted by Gasteiger charge is 2.05. The maximum atomic E-state index is 6.13. The van der Waals surface area contributed by atoms with Gasteiger partial charge in [0.2, 0.25) is 0 Å². The van der Waals surface area contributed by atoms with Gasteiger partial charge in [-0.3, -0.25) is 0 Å². The van der Waals surface area contributed by atoms with Crippen molar-refractivity contribution in [2.75, 3.05) is 11.9 Å². The highest BCUT2D eigenvalue weighted by Crippen LogP contribution is 2.17. The third kappa shape index (κ3) is 3.55. The number of nitrogens with two attached hydrogens (primary N) is 1. The minimum Gasteiger partial charge on any atom is -0.361 e. The molecule has 0 spiro atoms. The standard InChI is InChI=1S/C14H19N3S/c1-2-12-10-18-14(17-12)16-9-8-13(15)11-6-4-3-5-7-11/h3-7,10,13H,2,8-9,15H2,1H3,(H,16,17). The van der Waals surface area contributed by atoms with E-state index in [1.54, 1.807) is 11.3 Å². The summed E-state index contributed by atoms with van der Waals surface area (Å²) in [7, 11) is 0. The van der Waals surface area contributed by atoms with E-state index in [2.05, 4.69) is 34.7 Å². The van der Waals surface area contributed by atoms with Crippen LogP contribution in [0, 0.1) is 0 Å². The minimum absolute atomic E-state index is 0.0873. The molecule has 0 aliphatic rings. The molecule has 0 bridgehead atoms. The normalized spacial score (nSPS) is 12.3. The van der Waals surface area contributed by atoms with Crippen molar-refractivity contribution in [3.8, 4) is 0 Å². The van der Waals surface area contributed by atoms with Crippen LogP contribution < -0.4 is 11.1 Å². The van der Waals surface area contributed by atoms with E-state index in [0.29, 0.717) is 0 Å². The molecule has 96 valence electrons. The molecule has 2 rings (SSSR count). The molecule has 3 nitrogen and oxygen atoms in total. The number of nitrogens with zero attached hydrogens (tertiary/aromatic N) is 1. The molecule has 4 heteroatoms. The maximum absolute atomic E-state index is 6.13. The molecule has 0 aliphatic carbocycles. The smallest absolute Gasteiger partial charge is 0.182 e. The van der Waals surface area contributed by atoms with Crippen molar-refractivity contribution >= 4 is 16.5 Å².